The summed E-state index contributed by atoms with van der Waals surface area (Å²) in [5.74, 6) is -0.225. The average molecular weight is 369 g/mol. The number of nitrogens with zero attached hydrogens (tertiary/aromatic N) is 4. The van der Waals surface area contributed by atoms with Crippen molar-refractivity contribution in [3.63, 3.8) is 0 Å². The number of benzene rings is 2. The number of aromatic nitrogens is 3. The molecule has 3 aromatic rings. The fraction of sp³-hybridized carbons (Fsp3) is 0. The number of nitrogens with one attached hydrogen (secondary N) is 1. The fourth-order valence-electron chi connectivity index (χ4n) is 2.26. The third kappa shape index (κ3) is 3.62. The minimum absolute atomic E-state index is 0.0101. The fourth-order valence-corrected chi connectivity index (χ4v) is 2.44. The molecule has 1 N–H and O–H groups in total. The lowest BCUT2D eigenvalue weighted by Crippen LogP contribution is -1.95. The number of H-pyrrole nitrogens is 1. The Morgan fingerprint density at radius 2 is 1.96 bits per heavy atom. The molecule has 0 bridgehead atoms. The van der Waals surface area contributed by atoms with E-state index in [1.807, 2.05) is 0 Å². The highest BCUT2D eigenvalue weighted by Gasteiger charge is 2.12. The van der Waals surface area contributed by atoms with Crippen LogP contribution in [-0.2, 0) is 0 Å². The van der Waals surface area contributed by atoms with Crippen molar-refractivity contribution in [1.82, 2.24) is 14.9 Å². The Balaban J connectivity index is 1.89. The Hall–Kier alpha value is -3.46. The molecule has 0 amide bonds. The van der Waals surface area contributed by atoms with Gasteiger partial charge in [0.25, 0.3) is 5.69 Å². The molecule has 1 heterocycles. The first-order chi connectivity index (χ1) is 12.6. The van der Waals surface area contributed by atoms with Crippen LogP contribution >= 0.6 is 12.2 Å². The number of halogens is 1. The van der Waals surface area contributed by atoms with Gasteiger partial charge < -0.3 is 0 Å². The number of hydrogen-bond acceptors (Lipinski definition) is 5. The van der Waals surface area contributed by atoms with Gasteiger partial charge in [-0.2, -0.15) is 14.9 Å². The first kappa shape index (κ1) is 17.4. The molecule has 3 rings (SSSR count). The summed E-state index contributed by atoms with van der Waals surface area (Å²) in [6.45, 7) is 0. The van der Waals surface area contributed by atoms with Gasteiger partial charge in [0.05, 0.1) is 16.1 Å². The van der Waals surface area contributed by atoms with Gasteiger partial charge >= 0.3 is 0 Å². The van der Waals surface area contributed by atoms with Gasteiger partial charge in [0.2, 0.25) is 4.77 Å². The molecule has 26 heavy (non-hydrogen) atoms. The van der Waals surface area contributed by atoms with Crippen molar-refractivity contribution in [2.75, 3.05) is 0 Å². The summed E-state index contributed by atoms with van der Waals surface area (Å²) in [5.41, 5.74) is 0.679. The zero-order valence-corrected chi connectivity index (χ0v) is 14.1. The van der Waals surface area contributed by atoms with E-state index >= 15 is 0 Å². The number of nitro benzene ring substituents is 1. The zero-order chi connectivity index (χ0) is 18.5. The zero-order valence-electron chi connectivity index (χ0n) is 13.2. The highest BCUT2D eigenvalue weighted by molar-refractivity contribution is 7.71. The van der Waals surface area contributed by atoms with Gasteiger partial charge in [-0.15, -0.1) is 0 Å². The predicted octanol–water partition coefficient (Wildman–Crippen LogP) is 4.20. The molecule has 0 saturated heterocycles. The summed E-state index contributed by atoms with van der Waals surface area (Å²) in [6.07, 6.45) is 4.47. The Morgan fingerprint density at radius 3 is 2.73 bits per heavy atom. The molecule has 0 aliphatic heterocycles. The number of rotatable bonds is 5. The van der Waals surface area contributed by atoms with E-state index in [4.69, 9.17) is 12.2 Å². The van der Waals surface area contributed by atoms with Gasteiger partial charge in [-0.1, -0.05) is 24.3 Å². The van der Waals surface area contributed by atoms with Crippen LogP contribution in [0.2, 0.25) is 0 Å². The quantitative estimate of drug-likeness (QED) is 0.316. The van der Waals surface area contributed by atoms with E-state index in [-0.39, 0.29) is 21.8 Å². The van der Waals surface area contributed by atoms with Gasteiger partial charge in [0.15, 0.2) is 5.82 Å². The van der Waals surface area contributed by atoms with Crippen LogP contribution in [0.1, 0.15) is 5.56 Å². The SMILES string of the molecule is O=[N+]([O-])c1ccccc1/C=C/C=N\n1c(-c2ccccc2F)n[nH]c1=S. The minimum Gasteiger partial charge on any atom is -0.258 e. The van der Waals surface area contributed by atoms with Gasteiger partial charge in [-0.3, -0.25) is 10.1 Å². The summed E-state index contributed by atoms with van der Waals surface area (Å²) in [5, 5.41) is 21.7. The smallest absolute Gasteiger partial charge is 0.258 e. The third-order valence-electron chi connectivity index (χ3n) is 3.44. The summed E-state index contributed by atoms with van der Waals surface area (Å²) < 4.78 is 15.4. The molecule has 0 fully saturated rings. The van der Waals surface area contributed by atoms with Crippen molar-refractivity contribution < 1.29 is 9.31 Å². The van der Waals surface area contributed by atoms with Crippen LogP contribution in [0.5, 0.6) is 0 Å². The van der Waals surface area contributed by atoms with Gasteiger partial charge in [-0.25, -0.2) is 9.49 Å². The largest absolute Gasteiger partial charge is 0.276 e. The van der Waals surface area contributed by atoms with Crippen LogP contribution in [-0.4, -0.2) is 26.0 Å². The molecule has 1 aromatic heterocycles. The van der Waals surface area contributed by atoms with E-state index in [2.05, 4.69) is 15.3 Å². The molecule has 0 spiro atoms. The lowest BCUT2D eigenvalue weighted by Gasteiger charge is -2.01. The standard InChI is InChI=1S/C17H12FN5O2S/c18-14-9-3-2-8-13(14)16-20-21-17(26)22(16)19-11-5-7-12-6-1-4-10-15(12)23(24)25/h1-11H,(H,21,26)/b7-5+,19-11-. The van der Waals surface area contributed by atoms with E-state index in [9.17, 15) is 14.5 Å². The maximum absolute atomic E-state index is 14.0. The molecule has 9 heteroatoms. The highest BCUT2D eigenvalue weighted by atomic mass is 32.1. The first-order valence-corrected chi connectivity index (χ1v) is 7.85. The lowest BCUT2D eigenvalue weighted by molar-refractivity contribution is -0.385. The molecule has 0 unspecified atom stereocenters. The second kappa shape index (κ2) is 7.62. The summed E-state index contributed by atoms with van der Waals surface area (Å²) in [6, 6.07) is 12.5. The van der Waals surface area contributed by atoms with Gasteiger partial charge in [-0.05, 0) is 42.6 Å². The normalized spacial score (nSPS) is 11.4. The molecule has 0 saturated carbocycles. The van der Waals surface area contributed by atoms with E-state index in [0.717, 1.165) is 0 Å². The lowest BCUT2D eigenvalue weighted by atomic mass is 10.2. The van der Waals surface area contributed by atoms with Crippen molar-refractivity contribution in [3.05, 3.63) is 80.9 Å². The molecular weight excluding hydrogens is 357 g/mol. The molecule has 0 atom stereocenters. The second-order valence-corrected chi connectivity index (χ2v) is 5.47. The third-order valence-corrected chi connectivity index (χ3v) is 3.71. The van der Waals surface area contributed by atoms with Crippen LogP contribution in [0, 0.1) is 20.7 Å². The molecule has 0 aliphatic rings. The van der Waals surface area contributed by atoms with Crippen molar-refractivity contribution in [2.45, 2.75) is 0 Å². The summed E-state index contributed by atoms with van der Waals surface area (Å²) in [4.78, 5) is 10.5. The van der Waals surface area contributed by atoms with Crippen molar-refractivity contribution in [1.29, 1.82) is 0 Å². The Kier molecular flexibility index (Phi) is 5.09. The Morgan fingerprint density at radius 1 is 1.23 bits per heavy atom. The number of aromatic amines is 1. The maximum atomic E-state index is 14.0. The maximum Gasteiger partial charge on any atom is 0.276 e. The second-order valence-electron chi connectivity index (χ2n) is 5.08. The summed E-state index contributed by atoms with van der Waals surface area (Å²) in [7, 11) is 0. The summed E-state index contributed by atoms with van der Waals surface area (Å²) >= 11 is 5.11. The van der Waals surface area contributed by atoms with E-state index in [0.29, 0.717) is 5.56 Å². The van der Waals surface area contributed by atoms with Crippen molar-refractivity contribution in [3.8, 4) is 11.4 Å². The number of nitro groups is 1. The first-order valence-electron chi connectivity index (χ1n) is 7.44. The molecule has 2 aromatic carbocycles. The molecule has 130 valence electrons. The van der Waals surface area contributed by atoms with Crippen molar-refractivity contribution in [2.24, 2.45) is 5.10 Å². The molecule has 0 aliphatic carbocycles. The molecule has 7 nitrogen and oxygen atoms in total. The van der Waals surface area contributed by atoms with Crippen LogP contribution in [0.25, 0.3) is 17.5 Å². The Labute approximate surface area is 152 Å². The Bertz CT molecular complexity index is 1070. The monoisotopic (exact) mass is 369 g/mol. The van der Waals surface area contributed by atoms with Crippen LogP contribution in [0.4, 0.5) is 10.1 Å². The average Bonchev–Trinajstić information content (AvgIpc) is 3.00. The number of para-hydroxylation sites is 1. The van der Waals surface area contributed by atoms with Gasteiger partial charge in [0.1, 0.15) is 5.82 Å². The molecular formula is C17H12FN5O2S. The topological polar surface area (TPSA) is 89.1 Å². The van der Waals surface area contributed by atoms with E-state index in [1.165, 1.54) is 29.1 Å². The van der Waals surface area contributed by atoms with Gasteiger partial charge in [0, 0.05) is 12.3 Å². The number of allylic oxidation sites excluding steroid dienone is 1. The van der Waals surface area contributed by atoms with Crippen LogP contribution in [0.3, 0.4) is 0 Å². The highest BCUT2D eigenvalue weighted by Crippen LogP contribution is 2.21. The van der Waals surface area contributed by atoms with Crippen LogP contribution < -0.4 is 0 Å². The predicted molar refractivity (Wildman–Crippen MR) is 98.8 cm³/mol. The number of hydrogen-bond donors (Lipinski definition) is 1. The van der Waals surface area contributed by atoms with E-state index < -0.39 is 10.7 Å². The van der Waals surface area contributed by atoms with E-state index in [1.54, 1.807) is 42.5 Å². The molecule has 0 radical (unpaired) electrons. The van der Waals surface area contributed by atoms with Crippen molar-refractivity contribution >= 4 is 30.2 Å². The minimum atomic E-state index is -0.459. The van der Waals surface area contributed by atoms with Crippen LogP contribution in [0.15, 0.2) is 59.7 Å².